The lowest BCUT2D eigenvalue weighted by atomic mass is 10.1. The number of nitrogens with zero attached hydrogens (tertiary/aromatic N) is 2. The van der Waals surface area contributed by atoms with Gasteiger partial charge in [-0.1, -0.05) is 53.2 Å². The molecule has 1 heterocycles. The summed E-state index contributed by atoms with van der Waals surface area (Å²) in [5.74, 6) is -0.179. The Morgan fingerprint density at radius 1 is 0.844 bits per heavy atom. The van der Waals surface area contributed by atoms with Gasteiger partial charge >= 0.3 is 5.69 Å². The highest BCUT2D eigenvalue weighted by molar-refractivity contribution is 8.04. The normalized spacial score (nSPS) is 11.7. The fraction of sp³-hybridized carbons (Fsp3) is 0.154. The van der Waals surface area contributed by atoms with Crippen LogP contribution in [-0.4, -0.2) is 15.0 Å². The molecule has 0 spiro atoms. The Kier molecular flexibility index (Phi) is 6.06. The van der Waals surface area contributed by atoms with Crippen molar-refractivity contribution in [3.05, 3.63) is 98.8 Å². The Hall–Kier alpha value is -3.51. The molecule has 0 bridgehead atoms. The Labute approximate surface area is 191 Å². The summed E-state index contributed by atoms with van der Waals surface area (Å²) in [6.07, 6.45) is 1.87. The third kappa shape index (κ3) is 4.55. The van der Waals surface area contributed by atoms with Crippen LogP contribution in [0.4, 0.5) is 5.69 Å². The first-order valence-corrected chi connectivity index (χ1v) is 11.1. The first-order valence-electron chi connectivity index (χ1n) is 10.3. The van der Waals surface area contributed by atoms with Crippen LogP contribution in [0.25, 0.3) is 17.1 Å². The van der Waals surface area contributed by atoms with Gasteiger partial charge in [0.25, 0.3) is 5.91 Å². The fourth-order valence-corrected chi connectivity index (χ4v) is 4.33. The molecule has 4 rings (SSSR count). The number of rotatable bonds is 5. The van der Waals surface area contributed by atoms with Crippen molar-refractivity contribution in [2.45, 2.75) is 18.7 Å². The second kappa shape index (κ2) is 8.93. The van der Waals surface area contributed by atoms with Crippen LogP contribution < -0.4 is 11.0 Å². The highest BCUT2D eigenvalue weighted by Gasteiger charge is 2.14. The Morgan fingerprint density at radius 2 is 1.44 bits per heavy atom. The molecule has 1 N–H and O–H groups in total. The highest BCUT2D eigenvalue weighted by atomic mass is 32.2. The number of aromatic nitrogens is 2. The molecule has 0 aliphatic heterocycles. The standard InChI is InChI=1S/C26H25N3O2S/c1-17-5-10-20(11-6-17)27-25(30)24(32-21-12-7-18(2)8-13-21)16-19-9-14-22-23(15-19)29(4)26(31)28(22)3/h5-16H,1-4H3,(H,27,30)/b24-16-. The lowest BCUT2D eigenvalue weighted by molar-refractivity contribution is -0.112. The van der Waals surface area contributed by atoms with Gasteiger partial charge in [-0.25, -0.2) is 4.79 Å². The van der Waals surface area contributed by atoms with E-state index in [1.54, 1.807) is 23.2 Å². The Bertz CT molecular complexity index is 1380. The second-order valence-electron chi connectivity index (χ2n) is 7.89. The molecule has 162 valence electrons. The van der Waals surface area contributed by atoms with Gasteiger partial charge in [0.05, 0.1) is 15.9 Å². The van der Waals surface area contributed by atoms with Crippen LogP contribution in [0.1, 0.15) is 16.7 Å². The van der Waals surface area contributed by atoms with E-state index in [9.17, 15) is 9.59 Å². The molecule has 0 saturated carbocycles. The summed E-state index contributed by atoms with van der Waals surface area (Å²) >= 11 is 1.42. The van der Waals surface area contributed by atoms with E-state index in [2.05, 4.69) is 5.32 Å². The summed E-state index contributed by atoms with van der Waals surface area (Å²) in [4.78, 5) is 27.0. The van der Waals surface area contributed by atoms with Crippen LogP contribution >= 0.6 is 11.8 Å². The molecule has 0 fully saturated rings. The summed E-state index contributed by atoms with van der Waals surface area (Å²) < 4.78 is 3.24. The van der Waals surface area contributed by atoms with Gasteiger partial charge in [-0.15, -0.1) is 0 Å². The van der Waals surface area contributed by atoms with Crippen LogP contribution in [-0.2, 0) is 18.9 Å². The number of benzene rings is 3. The smallest absolute Gasteiger partial charge is 0.322 e. The lowest BCUT2D eigenvalue weighted by Crippen LogP contribution is -2.19. The average molecular weight is 444 g/mol. The number of hydrogen-bond acceptors (Lipinski definition) is 3. The van der Waals surface area contributed by atoms with Crippen LogP contribution in [0.2, 0.25) is 0 Å². The van der Waals surface area contributed by atoms with Crippen molar-refractivity contribution >= 4 is 40.5 Å². The van der Waals surface area contributed by atoms with Crippen molar-refractivity contribution in [1.29, 1.82) is 0 Å². The molecule has 5 nitrogen and oxygen atoms in total. The third-order valence-corrected chi connectivity index (χ3v) is 6.41. The molecular weight excluding hydrogens is 418 g/mol. The van der Waals surface area contributed by atoms with Crippen LogP contribution in [0.5, 0.6) is 0 Å². The van der Waals surface area contributed by atoms with Gasteiger partial charge < -0.3 is 5.32 Å². The SMILES string of the molecule is Cc1ccc(NC(=O)/C(=C/c2ccc3c(c2)n(C)c(=O)n3C)Sc2ccc(C)cc2)cc1. The van der Waals surface area contributed by atoms with Gasteiger partial charge in [0.1, 0.15) is 0 Å². The minimum absolute atomic E-state index is 0.0764. The van der Waals surface area contributed by atoms with E-state index >= 15 is 0 Å². The minimum atomic E-state index is -0.179. The number of thioether (sulfide) groups is 1. The summed E-state index contributed by atoms with van der Waals surface area (Å²) in [6, 6.07) is 21.6. The topological polar surface area (TPSA) is 56.0 Å². The monoisotopic (exact) mass is 443 g/mol. The number of aryl methyl sites for hydroxylation is 4. The fourth-order valence-electron chi connectivity index (χ4n) is 3.47. The van der Waals surface area contributed by atoms with E-state index in [-0.39, 0.29) is 11.6 Å². The number of anilines is 1. The van der Waals surface area contributed by atoms with Gasteiger partial charge in [0.15, 0.2) is 0 Å². The molecule has 1 amide bonds. The predicted molar refractivity (Wildman–Crippen MR) is 133 cm³/mol. The lowest BCUT2D eigenvalue weighted by Gasteiger charge is -2.10. The molecule has 0 aliphatic rings. The number of carbonyl (C=O) groups is 1. The van der Waals surface area contributed by atoms with Crippen molar-refractivity contribution in [1.82, 2.24) is 9.13 Å². The first-order chi connectivity index (χ1) is 15.3. The largest absolute Gasteiger partial charge is 0.328 e. The number of imidazole rings is 1. The molecule has 1 aromatic heterocycles. The Morgan fingerprint density at radius 3 is 2.09 bits per heavy atom. The van der Waals surface area contributed by atoms with Gasteiger partial charge in [-0.2, -0.15) is 0 Å². The molecule has 6 heteroatoms. The quantitative estimate of drug-likeness (QED) is 0.338. The van der Waals surface area contributed by atoms with E-state index in [0.717, 1.165) is 32.7 Å². The molecule has 0 atom stereocenters. The third-order valence-electron chi connectivity index (χ3n) is 5.38. The van der Waals surface area contributed by atoms with E-state index < -0.39 is 0 Å². The molecule has 32 heavy (non-hydrogen) atoms. The maximum absolute atomic E-state index is 13.2. The number of hydrogen-bond donors (Lipinski definition) is 1. The van der Waals surface area contributed by atoms with Crippen molar-refractivity contribution in [2.75, 3.05) is 5.32 Å². The number of amides is 1. The van der Waals surface area contributed by atoms with Crippen LogP contribution in [0.3, 0.4) is 0 Å². The average Bonchev–Trinajstić information content (AvgIpc) is 3.00. The van der Waals surface area contributed by atoms with E-state index in [1.165, 1.54) is 17.3 Å². The zero-order chi connectivity index (χ0) is 22.8. The summed E-state index contributed by atoms with van der Waals surface area (Å²) in [5, 5.41) is 3.00. The second-order valence-corrected chi connectivity index (χ2v) is 9.01. The summed E-state index contributed by atoms with van der Waals surface area (Å²) in [6.45, 7) is 4.05. The zero-order valence-electron chi connectivity index (χ0n) is 18.5. The van der Waals surface area contributed by atoms with E-state index in [0.29, 0.717) is 4.91 Å². The number of fused-ring (bicyclic) bond motifs is 1. The van der Waals surface area contributed by atoms with E-state index in [4.69, 9.17) is 0 Å². The molecule has 0 aliphatic carbocycles. The Balaban J connectivity index is 1.72. The zero-order valence-corrected chi connectivity index (χ0v) is 19.4. The molecular formula is C26H25N3O2S. The van der Waals surface area contributed by atoms with Crippen molar-refractivity contribution in [2.24, 2.45) is 14.1 Å². The van der Waals surface area contributed by atoms with Crippen molar-refractivity contribution in [3.63, 3.8) is 0 Å². The molecule has 0 radical (unpaired) electrons. The number of carbonyl (C=O) groups excluding carboxylic acids is 1. The number of nitrogens with one attached hydrogen (secondary N) is 1. The van der Waals surface area contributed by atoms with Gasteiger partial charge in [-0.05, 0) is 61.9 Å². The maximum atomic E-state index is 13.2. The van der Waals surface area contributed by atoms with Gasteiger partial charge in [0, 0.05) is 24.7 Å². The van der Waals surface area contributed by atoms with Crippen molar-refractivity contribution < 1.29 is 4.79 Å². The van der Waals surface area contributed by atoms with Gasteiger partial charge in [-0.3, -0.25) is 13.9 Å². The highest BCUT2D eigenvalue weighted by Crippen LogP contribution is 2.30. The van der Waals surface area contributed by atoms with Crippen molar-refractivity contribution in [3.8, 4) is 0 Å². The van der Waals surface area contributed by atoms with Gasteiger partial charge in [0.2, 0.25) is 0 Å². The molecule has 4 aromatic rings. The summed E-state index contributed by atoms with van der Waals surface area (Å²) in [7, 11) is 3.51. The minimum Gasteiger partial charge on any atom is -0.322 e. The van der Waals surface area contributed by atoms with E-state index in [1.807, 2.05) is 86.7 Å². The maximum Gasteiger partial charge on any atom is 0.328 e. The molecule has 3 aromatic carbocycles. The van der Waals surface area contributed by atoms with Crippen LogP contribution in [0, 0.1) is 13.8 Å². The van der Waals surface area contributed by atoms with Crippen LogP contribution in [0.15, 0.2) is 81.3 Å². The molecule has 0 saturated heterocycles. The molecule has 0 unspecified atom stereocenters. The first kappa shape index (κ1) is 21.7. The predicted octanol–water partition coefficient (Wildman–Crippen LogP) is 5.27. The summed E-state index contributed by atoms with van der Waals surface area (Å²) in [5.41, 5.74) is 5.50.